The standard InChI is InChI=1S/C32H32F2N2O6S/c1-6-41-30(38)21-16-36(24-13-10-17(33)14-22(24)34)27-19(28(21)37)12-11-18(29(27)40-5)26-15-20-23(8-7-9-25(20)43-26)35-31(39)42-32(2,3)4/h10-16,23H,6-9H2,1-5H3,(H,35,39). The molecule has 0 radical (unpaired) electrons. The van der Waals surface area contributed by atoms with Gasteiger partial charge < -0.3 is 24.1 Å². The van der Waals surface area contributed by atoms with Crippen molar-refractivity contribution in [3.63, 3.8) is 0 Å². The number of benzene rings is 2. The summed E-state index contributed by atoms with van der Waals surface area (Å²) < 4.78 is 46.8. The second-order valence-corrected chi connectivity index (χ2v) is 12.3. The summed E-state index contributed by atoms with van der Waals surface area (Å²) in [5.74, 6) is -2.26. The van der Waals surface area contributed by atoms with Gasteiger partial charge in [0.05, 0.1) is 30.8 Å². The minimum Gasteiger partial charge on any atom is -0.494 e. The van der Waals surface area contributed by atoms with Crippen molar-refractivity contribution in [1.29, 1.82) is 0 Å². The zero-order valence-corrected chi connectivity index (χ0v) is 25.3. The van der Waals surface area contributed by atoms with Crippen LogP contribution >= 0.6 is 11.3 Å². The summed E-state index contributed by atoms with van der Waals surface area (Å²) in [6.07, 6.45) is 3.16. The van der Waals surface area contributed by atoms with Gasteiger partial charge in [-0.2, -0.15) is 0 Å². The van der Waals surface area contributed by atoms with Crippen molar-refractivity contribution >= 4 is 34.3 Å². The maximum absolute atomic E-state index is 15.2. The highest BCUT2D eigenvalue weighted by molar-refractivity contribution is 7.15. The van der Waals surface area contributed by atoms with Gasteiger partial charge in [-0.25, -0.2) is 18.4 Å². The monoisotopic (exact) mass is 610 g/mol. The Morgan fingerprint density at radius 1 is 1.14 bits per heavy atom. The van der Waals surface area contributed by atoms with Crippen LogP contribution in [0.1, 0.15) is 67.4 Å². The van der Waals surface area contributed by atoms with Gasteiger partial charge in [-0.1, -0.05) is 0 Å². The van der Waals surface area contributed by atoms with Gasteiger partial charge in [-0.05, 0) is 82.9 Å². The van der Waals surface area contributed by atoms with Crippen LogP contribution in [0.25, 0.3) is 27.0 Å². The number of nitrogens with one attached hydrogen (secondary N) is 1. The molecule has 0 saturated carbocycles. The van der Waals surface area contributed by atoms with Gasteiger partial charge in [-0.3, -0.25) is 4.79 Å². The first kappa shape index (κ1) is 30.2. The van der Waals surface area contributed by atoms with Crippen LogP contribution in [0.15, 0.2) is 47.4 Å². The molecule has 5 rings (SSSR count). The molecule has 0 spiro atoms. The Labute approximate surface area is 251 Å². The molecule has 43 heavy (non-hydrogen) atoms. The number of rotatable bonds is 6. The largest absolute Gasteiger partial charge is 0.494 e. The molecule has 1 unspecified atom stereocenters. The number of aryl methyl sites for hydroxylation is 1. The van der Waals surface area contributed by atoms with E-state index in [1.54, 1.807) is 39.8 Å². The number of carbonyl (C=O) groups is 2. The maximum atomic E-state index is 15.2. The summed E-state index contributed by atoms with van der Waals surface area (Å²) in [6, 6.07) is 8.07. The van der Waals surface area contributed by atoms with E-state index in [1.165, 1.54) is 35.3 Å². The van der Waals surface area contributed by atoms with E-state index in [1.807, 2.05) is 6.07 Å². The minimum absolute atomic E-state index is 0.0380. The summed E-state index contributed by atoms with van der Waals surface area (Å²) in [6.45, 7) is 7.07. The molecule has 2 heterocycles. The maximum Gasteiger partial charge on any atom is 0.408 e. The highest BCUT2D eigenvalue weighted by Gasteiger charge is 2.29. The second-order valence-electron chi connectivity index (χ2n) is 11.2. The number of carbonyl (C=O) groups excluding carboxylic acids is 2. The van der Waals surface area contributed by atoms with Crippen molar-refractivity contribution in [2.75, 3.05) is 13.7 Å². The summed E-state index contributed by atoms with van der Waals surface area (Å²) >= 11 is 1.54. The van der Waals surface area contributed by atoms with Gasteiger partial charge in [0.15, 0.2) is 5.75 Å². The third-order valence-corrected chi connectivity index (χ3v) is 8.30. The van der Waals surface area contributed by atoms with Gasteiger partial charge in [0.2, 0.25) is 5.43 Å². The van der Waals surface area contributed by atoms with Crippen LogP contribution < -0.4 is 15.5 Å². The van der Waals surface area contributed by atoms with Gasteiger partial charge in [-0.15, -0.1) is 11.3 Å². The van der Waals surface area contributed by atoms with Gasteiger partial charge in [0.1, 0.15) is 28.3 Å². The molecule has 2 aromatic heterocycles. The smallest absolute Gasteiger partial charge is 0.408 e. The molecular weight excluding hydrogens is 578 g/mol. The van der Waals surface area contributed by atoms with Crippen molar-refractivity contribution in [3.05, 3.63) is 80.5 Å². The molecule has 2 aromatic carbocycles. The number of esters is 1. The predicted molar refractivity (Wildman–Crippen MR) is 160 cm³/mol. The van der Waals surface area contributed by atoms with Crippen LogP contribution in [0.5, 0.6) is 5.75 Å². The lowest BCUT2D eigenvalue weighted by Gasteiger charge is -2.26. The lowest BCUT2D eigenvalue weighted by atomic mass is 9.93. The summed E-state index contributed by atoms with van der Waals surface area (Å²) in [5, 5.41) is 3.08. The van der Waals surface area contributed by atoms with E-state index in [0.717, 1.165) is 46.7 Å². The van der Waals surface area contributed by atoms with Gasteiger partial charge in [0.25, 0.3) is 0 Å². The van der Waals surface area contributed by atoms with Crippen LogP contribution in [0, 0.1) is 11.6 Å². The van der Waals surface area contributed by atoms with Gasteiger partial charge in [0, 0.05) is 27.6 Å². The molecule has 4 aromatic rings. The van der Waals surface area contributed by atoms with Crippen LogP contribution in [0.3, 0.4) is 0 Å². The van der Waals surface area contributed by atoms with E-state index in [2.05, 4.69) is 5.32 Å². The number of alkyl carbamates (subject to hydrolysis) is 1. The number of ether oxygens (including phenoxy) is 3. The van der Waals surface area contributed by atoms with Crippen LogP contribution in [0.4, 0.5) is 13.6 Å². The van der Waals surface area contributed by atoms with Crippen molar-refractivity contribution < 1.29 is 32.6 Å². The molecule has 11 heteroatoms. The normalized spacial score (nSPS) is 14.7. The van der Waals surface area contributed by atoms with E-state index < -0.39 is 34.7 Å². The molecule has 226 valence electrons. The Balaban J connectivity index is 1.69. The zero-order chi connectivity index (χ0) is 31.1. The lowest BCUT2D eigenvalue weighted by molar-refractivity contribution is 0.0495. The van der Waals surface area contributed by atoms with Crippen molar-refractivity contribution in [2.45, 2.75) is 58.6 Å². The number of hydrogen-bond acceptors (Lipinski definition) is 7. The fourth-order valence-electron chi connectivity index (χ4n) is 5.30. The number of hydrogen-bond donors (Lipinski definition) is 1. The average Bonchev–Trinajstić information content (AvgIpc) is 3.37. The Hall–Kier alpha value is -4.25. The number of aromatic nitrogens is 1. The number of fused-ring (bicyclic) bond motifs is 2. The summed E-state index contributed by atoms with van der Waals surface area (Å²) in [4.78, 5) is 40.7. The quantitative estimate of drug-likeness (QED) is 0.234. The molecule has 0 fully saturated rings. The molecular formula is C32H32F2N2O6S. The van der Waals surface area contributed by atoms with Crippen LogP contribution in [-0.2, 0) is 15.9 Å². The number of pyridine rings is 1. The number of thiophene rings is 1. The van der Waals surface area contributed by atoms with E-state index in [9.17, 15) is 18.8 Å². The molecule has 1 N–H and O–H groups in total. The Morgan fingerprint density at radius 3 is 2.58 bits per heavy atom. The van der Waals surface area contributed by atoms with Crippen LogP contribution in [0.2, 0.25) is 0 Å². The predicted octanol–water partition coefficient (Wildman–Crippen LogP) is 7.08. The summed E-state index contributed by atoms with van der Waals surface area (Å²) in [7, 11) is 1.44. The van der Waals surface area contributed by atoms with E-state index >= 15 is 4.39 Å². The zero-order valence-electron chi connectivity index (χ0n) is 24.5. The Kier molecular flexibility index (Phi) is 8.29. The molecule has 0 bridgehead atoms. The molecule has 0 saturated heterocycles. The third-order valence-electron chi connectivity index (χ3n) is 7.06. The highest BCUT2D eigenvalue weighted by Crippen LogP contribution is 2.45. The fraction of sp³-hybridized carbons (Fsp3) is 0.344. The molecule has 0 aliphatic heterocycles. The van der Waals surface area contributed by atoms with Gasteiger partial charge >= 0.3 is 12.1 Å². The molecule has 1 aliphatic carbocycles. The Morgan fingerprint density at radius 2 is 1.91 bits per heavy atom. The van der Waals surface area contributed by atoms with E-state index in [4.69, 9.17) is 14.2 Å². The molecule has 1 amide bonds. The third kappa shape index (κ3) is 5.99. The first-order valence-corrected chi connectivity index (χ1v) is 14.7. The minimum atomic E-state index is -0.894. The Bertz CT molecular complexity index is 1790. The lowest BCUT2D eigenvalue weighted by Crippen LogP contribution is -2.35. The van der Waals surface area contributed by atoms with Crippen molar-refractivity contribution in [1.82, 2.24) is 9.88 Å². The molecule has 1 atom stereocenters. The highest BCUT2D eigenvalue weighted by atomic mass is 32.1. The van der Waals surface area contributed by atoms with Crippen molar-refractivity contribution in [2.24, 2.45) is 0 Å². The molecule has 1 aliphatic rings. The van der Waals surface area contributed by atoms with E-state index in [0.29, 0.717) is 5.56 Å². The number of nitrogens with zero attached hydrogens (tertiary/aromatic N) is 1. The summed E-state index contributed by atoms with van der Waals surface area (Å²) in [5.41, 5.74) is 0.189. The van der Waals surface area contributed by atoms with E-state index in [-0.39, 0.29) is 40.6 Å². The molecule has 8 nitrogen and oxygen atoms in total. The fourth-order valence-corrected chi connectivity index (χ4v) is 6.59. The van der Waals surface area contributed by atoms with Crippen molar-refractivity contribution in [3.8, 4) is 21.9 Å². The second kappa shape index (κ2) is 11.8. The average molecular weight is 611 g/mol. The first-order chi connectivity index (χ1) is 20.4. The number of methoxy groups -OCH3 is 1. The van der Waals surface area contributed by atoms with Crippen LogP contribution in [-0.4, -0.2) is 35.9 Å². The topological polar surface area (TPSA) is 95.9 Å². The number of halogens is 2. The first-order valence-electron chi connectivity index (χ1n) is 13.9. The number of amides is 1. The SMILES string of the molecule is CCOC(=O)c1cn(-c2ccc(F)cc2F)c2c(OC)c(-c3cc4c(s3)CCCC4NC(=O)OC(C)(C)C)ccc2c1=O.